The number of nitrogens with two attached hydrogens (primary N) is 1. The van der Waals surface area contributed by atoms with E-state index in [1.54, 1.807) is 0 Å². The van der Waals surface area contributed by atoms with Crippen molar-refractivity contribution in [2.24, 2.45) is 11.7 Å². The molecule has 2 atom stereocenters. The van der Waals surface area contributed by atoms with Crippen molar-refractivity contribution in [2.75, 3.05) is 0 Å². The van der Waals surface area contributed by atoms with Crippen LogP contribution in [-0.4, -0.2) is 6.04 Å². The Balaban J connectivity index is 3.07. The minimum absolute atomic E-state index is 0.378. The molecule has 0 amide bonds. The van der Waals surface area contributed by atoms with Gasteiger partial charge < -0.3 is 5.73 Å². The van der Waals surface area contributed by atoms with E-state index in [0.29, 0.717) is 6.04 Å². The molecule has 0 aromatic rings. The summed E-state index contributed by atoms with van der Waals surface area (Å²) in [7, 11) is 0. The molecule has 110 valence electrons. The van der Waals surface area contributed by atoms with Crippen LogP contribution in [0, 0.1) is 5.92 Å². The summed E-state index contributed by atoms with van der Waals surface area (Å²) in [5.74, 6) is 0.819. The van der Waals surface area contributed by atoms with Crippen molar-refractivity contribution in [1.29, 1.82) is 0 Å². The van der Waals surface area contributed by atoms with E-state index in [4.69, 9.17) is 5.73 Å². The zero-order valence-electron chi connectivity index (χ0n) is 13.2. The number of hydrogen-bond acceptors (Lipinski definition) is 1. The van der Waals surface area contributed by atoms with Crippen molar-refractivity contribution in [1.82, 2.24) is 0 Å². The van der Waals surface area contributed by atoms with E-state index in [0.717, 1.165) is 5.92 Å². The fourth-order valence-corrected chi connectivity index (χ4v) is 2.73. The quantitative estimate of drug-likeness (QED) is 0.421. The summed E-state index contributed by atoms with van der Waals surface area (Å²) in [6.45, 7) is 6.75. The summed E-state index contributed by atoms with van der Waals surface area (Å²) in [5, 5.41) is 0. The van der Waals surface area contributed by atoms with Gasteiger partial charge >= 0.3 is 0 Å². The first-order valence-corrected chi connectivity index (χ1v) is 8.42. The normalized spacial score (nSPS) is 14.7. The van der Waals surface area contributed by atoms with Crippen LogP contribution in [0.15, 0.2) is 0 Å². The summed E-state index contributed by atoms with van der Waals surface area (Å²) in [6.07, 6.45) is 16.9. The predicted octanol–water partition coefficient (Wildman–Crippen LogP) is 5.67. The summed E-state index contributed by atoms with van der Waals surface area (Å²) < 4.78 is 0. The molecule has 0 aromatic heterocycles. The lowest BCUT2D eigenvalue weighted by atomic mass is 9.96. The average molecular weight is 255 g/mol. The standard InChI is InChI=1S/C17H37N/c1-4-5-6-7-8-9-10-11-12-13-14-16(2)15-17(3)18/h16-17H,4-15,18H2,1-3H3. The first-order chi connectivity index (χ1) is 8.66. The highest BCUT2D eigenvalue weighted by Crippen LogP contribution is 2.16. The monoisotopic (exact) mass is 255 g/mol. The largest absolute Gasteiger partial charge is 0.328 e. The molecule has 0 rings (SSSR count). The summed E-state index contributed by atoms with van der Waals surface area (Å²) in [5.41, 5.74) is 5.81. The molecule has 0 heterocycles. The van der Waals surface area contributed by atoms with Crippen LogP contribution in [0.5, 0.6) is 0 Å². The second-order valence-electron chi connectivity index (χ2n) is 6.29. The number of hydrogen-bond donors (Lipinski definition) is 1. The lowest BCUT2D eigenvalue weighted by Gasteiger charge is -2.13. The Kier molecular flexibility index (Phi) is 13.4. The Bertz CT molecular complexity index is 154. The molecule has 0 saturated carbocycles. The van der Waals surface area contributed by atoms with Gasteiger partial charge in [0.05, 0.1) is 0 Å². The fourth-order valence-electron chi connectivity index (χ4n) is 2.73. The maximum Gasteiger partial charge on any atom is 0.00130 e. The molecule has 0 aromatic carbocycles. The zero-order chi connectivity index (χ0) is 13.6. The highest BCUT2D eigenvalue weighted by molar-refractivity contribution is 4.60. The maximum absolute atomic E-state index is 5.81. The fraction of sp³-hybridized carbons (Fsp3) is 1.00. The van der Waals surface area contributed by atoms with E-state index in [1.807, 2.05) is 0 Å². The van der Waals surface area contributed by atoms with E-state index in [2.05, 4.69) is 20.8 Å². The van der Waals surface area contributed by atoms with Gasteiger partial charge in [0.15, 0.2) is 0 Å². The summed E-state index contributed by atoms with van der Waals surface area (Å²) in [6, 6.07) is 0.378. The Labute approximate surface area is 116 Å². The Hall–Kier alpha value is -0.0400. The van der Waals surface area contributed by atoms with Gasteiger partial charge in [0.1, 0.15) is 0 Å². The topological polar surface area (TPSA) is 26.0 Å². The van der Waals surface area contributed by atoms with E-state index >= 15 is 0 Å². The Morgan fingerprint density at radius 3 is 1.61 bits per heavy atom. The number of rotatable bonds is 13. The van der Waals surface area contributed by atoms with Crippen molar-refractivity contribution in [3.8, 4) is 0 Å². The van der Waals surface area contributed by atoms with E-state index < -0.39 is 0 Å². The van der Waals surface area contributed by atoms with E-state index in [1.165, 1.54) is 77.0 Å². The molecule has 0 fully saturated rings. The lowest BCUT2D eigenvalue weighted by molar-refractivity contribution is 0.426. The SMILES string of the molecule is CCCCCCCCCCCCC(C)CC(C)N. The van der Waals surface area contributed by atoms with Gasteiger partial charge in [-0.25, -0.2) is 0 Å². The van der Waals surface area contributed by atoms with Crippen LogP contribution in [0.25, 0.3) is 0 Å². The van der Waals surface area contributed by atoms with Gasteiger partial charge in [-0.3, -0.25) is 0 Å². The van der Waals surface area contributed by atoms with Crippen molar-refractivity contribution < 1.29 is 0 Å². The highest BCUT2D eigenvalue weighted by atomic mass is 14.6. The molecule has 0 aliphatic carbocycles. The van der Waals surface area contributed by atoms with Gasteiger partial charge in [0.25, 0.3) is 0 Å². The van der Waals surface area contributed by atoms with Crippen LogP contribution in [0.4, 0.5) is 0 Å². The van der Waals surface area contributed by atoms with Gasteiger partial charge in [-0.2, -0.15) is 0 Å². The molecular formula is C17H37N. The molecule has 2 unspecified atom stereocenters. The molecule has 2 N–H and O–H groups in total. The molecular weight excluding hydrogens is 218 g/mol. The second-order valence-corrected chi connectivity index (χ2v) is 6.29. The molecule has 1 heteroatoms. The van der Waals surface area contributed by atoms with Crippen LogP contribution in [0.3, 0.4) is 0 Å². The van der Waals surface area contributed by atoms with Crippen LogP contribution >= 0.6 is 0 Å². The lowest BCUT2D eigenvalue weighted by Crippen LogP contribution is -2.18. The molecule has 0 bridgehead atoms. The number of unbranched alkanes of at least 4 members (excludes halogenated alkanes) is 9. The van der Waals surface area contributed by atoms with Gasteiger partial charge in [-0.1, -0.05) is 84.5 Å². The molecule has 0 spiro atoms. The second kappa shape index (κ2) is 13.4. The molecule has 1 nitrogen and oxygen atoms in total. The predicted molar refractivity (Wildman–Crippen MR) is 83.9 cm³/mol. The molecule has 18 heavy (non-hydrogen) atoms. The van der Waals surface area contributed by atoms with Crippen LogP contribution in [0.1, 0.15) is 97.8 Å². The van der Waals surface area contributed by atoms with Gasteiger partial charge in [0.2, 0.25) is 0 Å². The first kappa shape index (κ1) is 18.0. The van der Waals surface area contributed by atoms with Crippen LogP contribution < -0.4 is 5.73 Å². The molecule has 0 aliphatic rings. The maximum atomic E-state index is 5.81. The van der Waals surface area contributed by atoms with Gasteiger partial charge in [-0.15, -0.1) is 0 Å². The van der Waals surface area contributed by atoms with E-state index in [-0.39, 0.29) is 0 Å². The summed E-state index contributed by atoms with van der Waals surface area (Å²) >= 11 is 0. The van der Waals surface area contributed by atoms with Crippen molar-refractivity contribution >= 4 is 0 Å². The van der Waals surface area contributed by atoms with Gasteiger partial charge in [-0.05, 0) is 19.3 Å². The highest BCUT2D eigenvalue weighted by Gasteiger charge is 2.04. The molecule has 0 aliphatic heterocycles. The third-order valence-corrected chi connectivity index (χ3v) is 3.82. The molecule has 0 radical (unpaired) electrons. The average Bonchev–Trinajstić information content (AvgIpc) is 2.30. The van der Waals surface area contributed by atoms with Crippen LogP contribution in [-0.2, 0) is 0 Å². The summed E-state index contributed by atoms with van der Waals surface area (Å²) in [4.78, 5) is 0. The Morgan fingerprint density at radius 2 is 1.17 bits per heavy atom. The minimum atomic E-state index is 0.378. The van der Waals surface area contributed by atoms with Gasteiger partial charge in [0, 0.05) is 6.04 Å². The Morgan fingerprint density at radius 1 is 0.722 bits per heavy atom. The van der Waals surface area contributed by atoms with Crippen molar-refractivity contribution in [3.63, 3.8) is 0 Å². The minimum Gasteiger partial charge on any atom is -0.328 e. The molecule has 0 saturated heterocycles. The zero-order valence-corrected chi connectivity index (χ0v) is 13.2. The van der Waals surface area contributed by atoms with Crippen LogP contribution in [0.2, 0.25) is 0 Å². The van der Waals surface area contributed by atoms with Crippen molar-refractivity contribution in [3.05, 3.63) is 0 Å². The first-order valence-electron chi connectivity index (χ1n) is 8.42. The van der Waals surface area contributed by atoms with E-state index in [9.17, 15) is 0 Å². The third-order valence-electron chi connectivity index (χ3n) is 3.82. The van der Waals surface area contributed by atoms with Crippen molar-refractivity contribution in [2.45, 2.75) is 104 Å². The third kappa shape index (κ3) is 14.0. The smallest absolute Gasteiger partial charge is 0.00130 e.